The summed E-state index contributed by atoms with van der Waals surface area (Å²) >= 11 is 0. The van der Waals surface area contributed by atoms with Crippen LogP contribution in [0.1, 0.15) is 35.3 Å². The van der Waals surface area contributed by atoms with Gasteiger partial charge in [-0.1, -0.05) is 30.3 Å². The van der Waals surface area contributed by atoms with Gasteiger partial charge in [-0.05, 0) is 49.7 Å². The molecule has 0 aliphatic heterocycles. The van der Waals surface area contributed by atoms with Crippen LogP contribution >= 0.6 is 0 Å². The van der Waals surface area contributed by atoms with Crippen molar-refractivity contribution >= 4 is 21.7 Å². The zero-order chi connectivity index (χ0) is 25.6. The van der Waals surface area contributed by atoms with E-state index >= 15 is 0 Å². The van der Waals surface area contributed by atoms with Crippen LogP contribution in [0.2, 0.25) is 0 Å². The van der Waals surface area contributed by atoms with Crippen LogP contribution < -0.4 is 9.08 Å². The summed E-state index contributed by atoms with van der Waals surface area (Å²) in [5, 5.41) is 0. The average Bonchev–Trinajstić information content (AvgIpc) is 2.81. The molecule has 0 bridgehead atoms. The fourth-order valence-corrected chi connectivity index (χ4v) is 4.20. The second-order valence-corrected chi connectivity index (χ2v) is 9.59. The van der Waals surface area contributed by atoms with Gasteiger partial charge in [0, 0.05) is 37.0 Å². The van der Waals surface area contributed by atoms with E-state index in [1.165, 1.54) is 47.4 Å². The third-order valence-electron chi connectivity index (χ3n) is 5.46. The summed E-state index contributed by atoms with van der Waals surface area (Å²) in [6.07, 6.45) is 0.946. The highest BCUT2D eigenvalue weighted by Crippen LogP contribution is 2.29. The van der Waals surface area contributed by atoms with Gasteiger partial charge in [0.25, 0.3) is 5.91 Å². The Labute approximate surface area is 204 Å². The van der Waals surface area contributed by atoms with E-state index in [1.807, 2.05) is 24.8 Å². The van der Waals surface area contributed by atoms with Gasteiger partial charge in [0.2, 0.25) is 0 Å². The van der Waals surface area contributed by atoms with Crippen molar-refractivity contribution in [2.24, 2.45) is 0 Å². The number of amides is 1. The van der Waals surface area contributed by atoms with Crippen LogP contribution in [-0.4, -0.2) is 38.6 Å². The van der Waals surface area contributed by atoms with Gasteiger partial charge < -0.3 is 14.0 Å². The van der Waals surface area contributed by atoms with Crippen LogP contribution in [0.5, 0.6) is 5.75 Å². The van der Waals surface area contributed by atoms with E-state index in [4.69, 9.17) is 4.18 Å². The Bertz CT molecular complexity index is 1280. The Kier molecular flexibility index (Phi) is 8.45. The second kappa shape index (κ2) is 11.3. The van der Waals surface area contributed by atoms with Crippen molar-refractivity contribution < 1.29 is 26.2 Å². The summed E-state index contributed by atoms with van der Waals surface area (Å²) < 4.78 is 57.1. The summed E-state index contributed by atoms with van der Waals surface area (Å²) in [6.45, 7) is 5.35. The molecule has 1 amide bonds. The van der Waals surface area contributed by atoms with Crippen molar-refractivity contribution in [1.82, 2.24) is 4.90 Å². The number of anilines is 1. The lowest BCUT2D eigenvalue weighted by Crippen LogP contribution is -2.31. The molecule has 3 aromatic carbocycles. The van der Waals surface area contributed by atoms with Crippen molar-refractivity contribution in [3.8, 4) is 5.75 Å². The maximum absolute atomic E-state index is 14.4. The maximum atomic E-state index is 14.4. The summed E-state index contributed by atoms with van der Waals surface area (Å²) in [5.41, 5.74) is 1.70. The first kappa shape index (κ1) is 26.2. The Morgan fingerprint density at radius 2 is 1.57 bits per heavy atom. The summed E-state index contributed by atoms with van der Waals surface area (Å²) in [7, 11) is -3.86. The maximum Gasteiger partial charge on any atom is 0.306 e. The van der Waals surface area contributed by atoms with Crippen LogP contribution in [0.3, 0.4) is 0 Å². The molecule has 0 aliphatic rings. The first-order valence-corrected chi connectivity index (χ1v) is 13.0. The molecule has 0 aliphatic carbocycles. The molecule has 0 saturated carbocycles. The van der Waals surface area contributed by atoms with E-state index in [2.05, 4.69) is 0 Å². The van der Waals surface area contributed by atoms with Gasteiger partial charge in [-0.2, -0.15) is 8.42 Å². The quantitative estimate of drug-likeness (QED) is 0.366. The Morgan fingerprint density at radius 1 is 0.914 bits per heavy atom. The van der Waals surface area contributed by atoms with E-state index < -0.39 is 27.7 Å². The highest BCUT2D eigenvalue weighted by Gasteiger charge is 2.22. The Balaban J connectivity index is 2.04. The number of hydrogen-bond donors (Lipinski definition) is 0. The summed E-state index contributed by atoms with van der Waals surface area (Å²) in [6, 6.07) is 16.4. The molecule has 0 atom stereocenters. The minimum absolute atomic E-state index is 0.0452. The van der Waals surface area contributed by atoms with Gasteiger partial charge in [0.1, 0.15) is 17.4 Å². The summed E-state index contributed by atoms with van der Waals surface area (Å²) in [4.78, 5) is 16.7. The Morgan fingerprint density at radius 3 is 2.17 bits per heavy atom. The standard InChI is InChI=1S/C26H28F2N2O4S/c1-4-29(5-2)22-15-12-20(25(16-22)34-35(3,32)33)18-30(17-19-10-13-21(27)14-11-19)26(31)23-8-6-7-9-24(23)28/h6-16H,4-5,17-18H2,1-3H3. The molecule has 6 nitrogen and oxygen atoms in total. The van der Waals surface area contributed by atoms with Crippen LogP contribution in [0, 0.1) is 11.6 Å². The number of nitrogens with zero attached hydrogens (tertiary/aromatic N) is 2. The number of carbonyl (C=O) groups excluding carboxylic acids is 1. The zero-order valence-electron chi connectivity index (χ0n) is 19.9. The van der Waals surface area contributed by atoms with Crippen LogP contribution in [0.4, 0.5) is 14.5 Å². The number of hydrogen-bond acceptors (Lipinski definition) is 5. The lowest BCUT2D eigenvalue weighted by atomic mass is 10.1. The van der Waals surface area contributed by atoms with Crippen molar-refractivity contribution in [1.29, 1.82) is 0 Å². The highest BCUT2D eigenvalue weighted by molar-refractivity contribution is 7.86. The minimum atomic E-state index is -3.86. The van der Waals surface area contributed by atoms with E-state index in [0.29, 0.717) is 24.2 Å². The Hall–Kier alpha value is -3.46. The third-order valence-corrected chi connectivity index (χ3v) is 5.94. The SMILES string of the molecule is CCN(CC)c1ccc(CN(Cc2ccc(F)cc2)C(=O)c2ccccc2F)c(OS(C)(=O)=O)c1. The summed E-state index contributed by atoms with van der Waals surface area (Å²) in [5.74, 6) is -1.60. The second-order valence-electron chi connectivity index (χ2n) is 8.02. The molecule has 0 unspecified atom stereocenters. The number of rotatable bonds is 10. The van der Waals surface area contributed by atoms with Crippen LogP contribution in [-0.2, 0) is 23.2 Å². The topological polar surface area (TPSA) is 66.9 Å². The van der Waals surface area contributed by atoms with Gasteiger partial charge in [0.15, 0.2) is 0 Å². The lowest BCUT2D eigenvalue weighted by molar-refractivity contribution is 0.0724. The van der Waals surface area contributed by atoms with Gasteiger partial charge in [-0.15, -0.1) is 0 Å². The molecule has 35 heavy (non-hydrogen) atoms. The molecule has 0 fully saturated rings. The number of halogens is 2. The normalized spacial score (nSPS) is 11.2. The predicted molar refractivity (Wildman–Crippen MR) is 132 cm³/mol. The van der Waals surface area contributed by atoms with Gasteiger partial charge in [-0.25, -0.2) is 8.78 Å². The third kappa shape index (κ3) is 7.02. The number of carbonyl (C=O) groups is 1. The molecule has 3 aromatic rings. The van der Waals surface area contributed by atoms with Gasteiger partial charge in [0.05, 0.1) is 18.4 Å². The monoisotopic (exact) mass is 502 g/mol. The van der Waals surface area contributed by atoms with Gasteiger partial charge in [-0.3, -0.25) is 4.79 Å². The smallest absolute Gasteiger partial charge is 0.306 e. The molecule has 9 heteroatoms. The molecule has 0 saturated heterocycles. The van der Waals surface area contributed by atoms with E-state index in [0.717, 1.165) is 11.9 Å². The predicted octanol–water partition coefficient (Wildman–Crippen LogP) is 4.99. The fourth-order valence-electron chi connectivity index (χ4n) is 3.72. The fraction of sp³-hybridized carbons (Fsp3) is 0.269. The first-order valence-electron chi connectivity index (χ1n) is 11.2. The molecular weight excluding hydrogens is 474 g/mol. The zero-order valence-corrected chi connectivity index (χ0v) is 20.7. The van der Waals surface area contributed by atoms with Crippen molar-refractivity contribution in [3.05, 3.63) is 95.1 Å². The van der Waals surface area contributed by atoms with Crippen LogP contribution in [0.15, 0.2) is 66.7 Å². The van der Waals surface area contributed by atoms with Crippen molar-refractivity contribution in [2.45, 2.75) is 26.9 Å². The molecule has 0 radical (unpaired) electrons. The van der Waals surface area contributed by atoms with E-state index in [1.54, 1.807) is 18.2 Å². The first-order chi connectivity index (χ1) is 16.6. The van der Waals surface area contributed by atoms with Crippen molar-refractivity contribution in [2.75, 3.05) is 24.2 Å². The molecular formula is C26H28F2N2O4S. The van der Waals surface area contributed by atoms with E-state index in [-0.39, 0.29) is 24.4 Å². The molecule has 0 heterocycles. The van der Waals surface area contributed by atoms with Gasteiger partial charge >= 0.3 is 10.1 Å². The van der Waals surface area contributed by atoms with Crippen LogP contribution in [0.25, 0.3) is 0 Å². The molecule has 186 valence electrons. The number of benzene rings is 3. The lowest BCUT2D eigenvalue weighted by Gasteiger charge is -2.26. The van der Waals surface area contributed by atoms with Crippen molar-refractivity contribution in [3.63, 3.8) is 0 Å². The molecule has 0 N–H and O–H groups in total. The highest BCUT2D eigenvalue weighted by atomic mass is 32.2. The molecule has 0 spiro atoms. The van der Waals surface area contributed by atoms with E-state index in [9.17, 15) is 22.0 Å². The minimum Gasteiger partial charge on any atom is -0.382 e. The average molecular weight is 503 g/mol. The molecule has 3 rings (SSSR count). The largest absolute Gasteiger partial charge is 0.382 e. The molecule has 0 aromatic heterocycles.